The Labute approximate surface area is 134 Å². The van der Waals surface area contributed by atoms with Crippen molar-refractivity contribution in [3.05, 3.63) is 35.9 Å². The molecule has 22 heavy (non-hydrogen) atoms. The van der Waals surface area contributed by atoms with Crippen LogP contribution in [0.5, 0.6) is 0 Å². The molecule has 1 fully saturated rings. The topological polar surface area (TPSA) is 58.6 Å². The lowest BCUT2D eigenvalue weighted by Crippen LogP contribution is -2.37. The van der Waals surface area contributed by atoms with E-state index in [9.17, 15) is 9.90 Å². The molecule has 4 nitrogen and oxygen atoms in total. The van der Waals surface area contributed by atoms with Gasteiger partial charge in [0, 0.05) is 7.97 Å². The second kappa shape index (κ2) is 7.63. The van der Waals surface area contributed by atoms with Gasteiger partial charge in [-0.25, -0.2) is 4.79 Å². The van der Waals surface area contributed by atoms with E-state index in [-0.39, 0.29) is 7.52 Å². The first-order chi connectivity index (χ1) is 10.4. The number of ether oxygens (including phenoxy) is 1. The molecule has 4 heteroatoms. The van der Waals surface area contributed by atoms with Gasteiger partial charge in [0.05, 0.1) is 5.60 Å². The summed E-state index contributed by atoms with van der Waals surface area (Å²) in [4.78, 5) is 11.7. The summed E-state index contributed by atoms with van der Waals surface area (Å²) >= 11 is 0. The molecule has 0 heterocycles. The van der Waals surface area contributed by atoms with Crippen molar-refractivity contribution in [2.45, 2.75) is 51.7 Å². The number of rotatable bonds is 5. The quantitative estimate of drug-likeness (QED) is 0.871. The molecule has 0 aromatic heterocycles. The van der Waals surface area contributed by atoms with E-state index in [1.165, 1.54) is 0 Å². The van der Waals surface area contributed by atoms with E-state index in [4.69, 9.17) is 4.74 Å². The van der Waals surface area contributed by atoms with E-state index in [2.05, 4.69) is 5.32 Å². The molecule has 1 aromatic carbocycles. The van der Waals surface area contributed by atoms with Gasteiger partial charge in [-0.05, 0) is 56.9 Å². The number of carbonyl (C=O) groups is 1. The second-order valence-electron chi connectivity index (χ2n) is 6.81. The number of carbonyl (C=O) groups excluding carboxylic acids is 1. The van der Waals surface area contributed by atoms with Crippen molar-refractivity contribution in [2.24, 2.45) is 11.8 Å². The molecule has 0 saturated heterocycles. The second-order valence-corrected chi connectivity index (χ2v) is 6.81. The van der Waals surface area contributed by atoms with Gasteiger partial charge >= 0.3 is 6.09 Å². The van der Waals surface area contributed by atoms with Gasteiger partial charge in [0.15, 0.2) is 0 Å². The highest BCUT2D eigenvalue weighted by molar-refractivity contribution is 5.67. The Morgan fingerprint density at radius 2 is 1.91 bits per heavy atom. The van der Waals surface area contributed by atoms with Crippen LogP contribution in [0.2, 0.25) is 0 Å². The lowest BCUT2D eigenvalue weighted by molar-refractivity contribution is -0.00582. The number of amides is 1. The normalized spacial score (nSPS) is 22.1. The smallest absolute Gasteiger partial charge is 0.407 e. The van der Waals surface area contributed by atoms with Crippen molar-refractivity contribution in [2.75, 3.05) is 6.54 Å². The molecular weight excluding hydrogens is 278 g/mol. The molecule has 1 aliphatic carbocycles. The number of benzene rings is 1. The summed E-state index contributed by atoms with van der Waals surface area (Å²) in [6.45, 7) is 4.73. The van der Waals surface area contributed by atoms with Crippen molar-refractivity contribution in [1.82, 2.24) is 5.32 Å². The Kier molecular flexibility index (Phi) is 5.83. The largest absolute Gasteiger partial charge is 0.445 e. The van der Waals surface area contributed by atoms with Crippen LogP contribution in [0.3, 0.4) is 0 Å². The van der Waals surface area contributed by atoms with Crippen LogP contribution in [-0.2, 0) is 11.3 Å². The zero-order chi connectivity index (χ0) is 16.0. The zero-order valence-electron chi connectivity index (χ0n) is 13.5. The van der Waals surface area contributed by atoms with Gasteiger partial charge in [-0.15, -0.1) is 0 Å². The minimum atomic E-state index is -0.590. The van der Waals surface area contributed by atoms with Crippen molar-refractivity contribution >= 4 is 6.09 Å². The lowest BCUT2D eigenvalue weighted by atomic mass is 9.75. The van der Waals surface area contributed by atoms with E-state index >= 15 is 0 Å². The summed E-state index contributed by atoms with van der Waals surface area (Å²) < 4.78 is 5.20. The Hall–Kier alpha value is -1.55. The number of aliphatic hydroxyl groups is 1. The molecule has 1 saturated carbocycles. The Bertz CT molecular complexity index is 465. The number of hydrogen-bond acceptors (Lipinski definition) is 3. The van der Waals surface area contributed by atoms with Crippen molar-refractivity contribution in [3.63, 3.8) is 0 Å². The summed E-state index contributed by atoms with van der Waals surface area (Å²) in [5, 5.41) is 12.9. The minimum Gasteiger partial charge on any atom is -0.445 e. The third kappa shape index (κ3) is 5.34. The number of nitrogens with one attached hydrogen (secondary N) is 1. The number of alkyl carbamates (subject to hydrolysis) is 1. The Balaban J connectivity index is 0.00000264. The maximum Gasteiger partial charge on any atom is 0.407 e. The van der Waals surface area contributed by atoms with Crippen LogP contribution in [0.4, 0.5) is 4.79 Å². The summed E-state index contributed by atoms with van der Waals surface area (Å²) in [6, 6.07) is 9.67. The van der Waals surface area contributed by atoms with Crippen molar-refractivity contribution < 1.29 is 16.1 Å². The molecule has 0 unspecified atom stereocenters. The van der Waals surface area contributed by atoms with E-state index < -0.39 is 5.60 Å². The molecule has 0 aliphatic heterocycles. The molecule has 0 atom stereocenters. The third-order valence-corrected chi connectivity index (χ3v) is 4.59. The van der Waals surface area contributed by atoms with E-state index in [1.807, 2.05) is 44.2 Å². The fourth-order valence-corrected chi connectivity index (χ4v) is 3.07. The van der Waals surface area contributed by atoms with Crippen LogP contribution in [0, 0.1) is 11.8 Å². The van der Waals surface area contributed by atoms with Crippen molar-refractivity contribution in [3.8, 4) is 0 Å². The molecule has 1 aliphatic rings. The van der Waals surface area contributed by atoms with Crippen LogP contribution in [-0.4, -0.2) is 23.3 Å². The van der Waals surface area contributed by atoms with Crippen LogP contribution >= 0.6 is 0 Å². The molecule has 1 amide bonds. The molecule has 1 aromatic rings. The van der Waals surface area contributed by atoms with Gasteiger partial charge in [0.2, 0.25) is 0 Å². The standard InChI is InChI=1S/C18H27NO3.H2/c1-18(2,21)16-10-8-14(9-11-16)12-19-17(20)22-13-15-6-4-3-5-7-15;/h3-7,14,16,21H,8-13H2,1-2H3,(H,19,20);1H. The predicted octanol–water partition coefficient (Wildman–Crippen LogP) is 3.74. The highest BCUT2D eigenvalue weighted by Crippen LogP contribution is 2.34. The molecular formula is C18H29NO3. The first kappa shape index (κ1) is 16.8. The third-order valence-electron chi connectivity index (χ3n) is 4.59. The van der Waals surface area contributed by atoms with Gasteiger partial charge in [0.25, 0.3) is 0 Å². The van der Waals surface area contributed by atoms with E-state index in [1.54, 1.807) is 0 Å². The average molecular weight is 307 g/mol. The van der Waals surface area contributed by atoms with Crippen LogP contribution < -0.4 is 5.32 Å². The van der Waals surface area contributed by atoms with Gasteiger partial charge in [0.1, 0.15) is 6.61 Å². The number of hydrogen-bond donors (Lipinski definition) is 2. The average Bonchev–Trinajstić information content (AvgIpc) is 2.51. The molecule has 0 radical (unpaired) electrons. The molecule has 2 rings (SSSR count). The predicted molar refractivity (Wildman–Crippen MR) is 88.5 cm³/mol. The molecule has 2 N–H and O–H groups in total. The van der Waals surface area contributed by atoms with Crippen molar-refractivity contribution in [1.29, 1.82) is 0 Å². The van der Waals surface area contributed by atoms with E-state index in [0.717, 1.165) is 31.2 Å². The van der Waals surface area contributed by atoms with Crippen LogP contribution in [0.25, 0.3) is 0 Å². The molecule has 124 valence electrons. The summed E-state index contributed by atoms with van der Waals surface area (Å²) in [7, 11) is 0. The zero-order valence-corrected chi connectivity index (χ0v) is 13.5. The maximum atomic E-state index is 11.7. The summed E-state index contributed by atoms with van der Waals surface area (Å²) in [6.07, 6.45) is 3.79. The molecule has 0 bridgehead atoms. The monoisotopic (exact) mass is 307 g/mol. The fraction of sp³-hybridized carbons (Fsp3) is 0.611. The highest BCUT2D eigenvalue weighted by atomic mass is 16.5. The van der Waals surface area contributed by atoms with Gasteiger partial charge in [-0.2, -0.15) is 0 Å². The fourth-order valence-electron chi connectivity index (χ4n) is 3.07. The van der Waals surface area contributed by atoms with Gasteiger partial charge < -0.3 is 15.2 Å². The Morgan fingerprint density at radius 1 is 1.27 bits per heavy atom. The summed E-state index contributed by atoms with van der Waals surface area (Å²) in [5.74, 6) is 0.858. The van der Waals surface area contributed by atoms with E-state index in [0.29, 0.717) is 25.0 Å². The highest BCUT2D eigenvalue weighted by Gasteiger charge is 2.31. The van der Waals surface area contributed by atoms with Crippen LogP contribution in [0.1, 0.15) is 46.5 Å². The first-order valence-corrected chi connectivity index (χ1v) is 8.12. The molecule has 0 spiro atoms. The SMILES string of the molecule is CC(C)(O)C1CCC(CNC(=O)OCc2ccccc2)CC1.[HH]. The first-order valence-electron chi connectivity index (χ1n) is 8.12. The maximum absolute atomic E-state index is 11.7. The van der Waals surface area contributed by atoms with Crippen LogP contribution in [0.15, 0.2) is 30.3 Å². The Morgan fingerprint density at radius 3 is 2.50 bits per heavy atom. The minimum absolute atomic E-state index is 0. The lowest BCUT2D eigenvalue weighted by Gasteiger charge is -2.35. The van der Waals surface area contributed by atoms with Gasteiger partial charge in [-0.3, -0.25) is 0 Å². The van der Waals surface area contributed by atoms with Gasteiger partial charge in [-0.1, -0.05) is 30.3 Å². The summed E-state index contributed by atoms with van der Waals surface area (Å²) in [5.41, 5.74) is 0.399.